The lowest BCUT2D eigenvalue weighted by atomic mass is 10.2. The number of halogens is 2. The van der Waals surface area contributed by atoms with Crippen molar-refractivity contribution in [3.63, 3.8) is 0 Å². The van der Waals surface area contributed by atoms with Crippen molar-refractivity contribution in [3.8, 4) is 17.5 Å². The number of nitrogens with two attached hydrogens (primary N) is 1. The first kappa shape index (κ1) is 17.8. The van der Waals surface area contributed by atoms with Crippen LogP contribution < -0.4 is 16.2 Å². The van der Waals surface area contributed by atoms with Gasteiger partial charge in [0, 0.05) is 5.02 Å². The highest BCUT2D eigenvalue weighted by molar-refractivity contribution is 6.35. The molecule has 3 aromatic rings. The van der Waals surface area contributed by atoms with Crippen LogP contribution in [0.1, 0.15) is 11.3 Å². The lowest BCUT2D eigenvalue weighted by Gasteiger charge is -2.13. The molecule has 0 unspecified atom stereocenters. The summed E-state index contributed by atoms with van der Waals surface area (Å²) in [5.41, 5.74) is 6.17. The van der Waals surface area contributed by atoms with Gasteiger partial charge in [0.05, 0.1) is 10.7 Å². The molecule has 0 aliphatic heterocycles. The van der Waals surface area contributed by atoms with Crippen LogP contribution in [0, 0.1) is 11.3 Å². The van der Waals surface area contributed by atoms with Crippen LogP contribution in [0.25, 0.3) is 5.69 Å². The molecule has 6 nitrogen and oxygen atoms in total. The van der Waals surface area contributed by atoms with Crippen LogP contribution in [0.4, 0.5) is 5.82 Å². The number of hydrogen-bond acceptors (Lipinski definition) is 5. The molecule has 0 bridgehead atoms. The Morgan fingerprint density at radius 2 is 1.92 bits per heavy atom. The lowest BCUT2D eigenvalue weighted by molar-refractivity contribution is 0.300. The molecule has 3 rings (SSSR count). The monoisotopic (exact) mass is 386 g/mol. The van der Waals surface area contributed by atoms with Gasteiger partial charge in [-0.15, -0.1) is 0 Å². The number of benzene rings is 2. The minimum absolute atomic E-state index is 0.000460. The molecule has 2 aromatic carbocycles. The molecule has 8 heteroatoms. The van der Waals surface area contributed by atoms with Crippen LogP contribution in [0.3, 0.4) is 0 Å². The topological polar surface area (TPSA) is 93.9 Å². The summed E-state index contributed by atoms with van der Waals surface area (Å²) in [5.74, 6) is 0.354. The van der Waals surface area contributed by atoms with E-state index in [1.807, 2.05) is 6.07 Å². The molecule has 0 spiro atoms. The molecule has 0 fully saturated rings. The molecule has 0 atom stereocenters. The van der Waals surface area contributed by atoms with Crippen molar-refractivity contribution in [2.45, 2.75) is 6.61 Å². The molecule has 0 saturated heterocycles. The second-order valence-electron chi connectivity index (χ2n) is 5.25. The predicted octanol–water partition coefficient (Wildman–Crippen LogP) is 3.57. The van der Waals surface area contributed by atoms with Gasteiger partial charge in [0.2, 0.25) is 0 Å². The van der Waals surface area contributed by atoms with Crippen molar-refractivity contribution in [2.75, 3.05) is 5.73 Å². The van der Waals surface area contributed by atoms with Crippen LogP contribution in [0.2, 0.25) is 10.0 Å². The molecule has 0 amide bonds. The molecule has 1 aromatic heterocycles. The Bertz CT molecular complexity index is 1060. The normalized spacial score (nSPS) is 10.3. The predicted molar refractivity (Wildman–Crippen MR) is 99.8 cm³/mol. The van der Waals surface area contributed by atoms with E-state index in [4.69, 9.17) is 33.7 Å². The van der Waals surface area contributed by atoms with E-state index >= 15 is 0 Å². The van der Waals surface area contributed by atoms with Crippen molar-refractivity contribution in [1.29, 1.82) is 5.26 Å². The van der Waals surface area contributed by atoms with E-state index < -0.39 is 5.69 Å². The molecule has 0 aliphatic rings. The molecule has 26 heavy (non-hydrogen) atoms. The van der Waals surface area contributed by atoms with Gasteiger partial charge in [0.15, 0.2) is 0 Å². The highest BCUT2D eigenvalue weighted by atomic mass is 35.5. The number of aromatic nitrogens is 2. The Morgan fingerprint density at radius 1 is 1.19 bits per heavy atom. The Labute approximate surface area is 159 Å². The first-order valence-corrected chi connectivity index (χ1v) is 8.21. The molecular formula is C18H12Cl2N4O2. The Hall–Kier alpha value is -3.01. The Balaban J connectivity index is 1.99. The fraction of sp³-hybridized carbons (Fsp3) is 0.0556. The fourth-order valence-electron chi connectivity index (χ4n) is 2.38. The molecule has 0 radical (unpaired) electrons. The van der Waals surface area contributed by atoms with Crippen molar-refractivity contribution in [3.05, 3.63) is 80.3 Å². The first-order valence-electron chi connectivity index (χ1n) is 7.46. The van der Waals surface area contributed by atoms with Crippen LogP contribution in [-0.2, 0) is 6.61 Å². The summed E-state index contributed by atoms with van der Waals surface area (Å²) in [6.07, 6.45) is 0. The van der Waals surface area contributed by atoms with Crippen molar-refractivity contribution in [1.82, 2.24) is 9.55 Å². The summed E-state index contributed by atoms with van der Waals surface area (Å²) in [4.78, 5) is 16.4. The number of nitrogens with zero attached hydrogens (tertiary/aromatic N) is 3. The maximum Gasteiger partial charge on any atom is 0.354 e. The van der Waals surface area contributed by atoms with Crippen LogP contribution >= 0.6 is 23.2 Å². The van der Waals surface area contributed by atoms with Gasteiger partial charge in [-0.3, -0.25) is 0 Å². The zero-order valence-electron chi connectivity index (χ0n) is 13.3. The van der Waals surface area contributed by atoms with E-state index in [-0.39, 0.29) is 23.7 Å². The van der Waals surface area contributed by atoms with E-state index in [0.717, 1.165) is 0 Å². The maximum atomic E-state index is 12.4. The molecule has 0 saturated carbocycles. The number of nitrogen functional groups attached to an aromatic ring is 1. The highest BCUT2D eigenvalue weighted by Gasteiger charge is 2.17. The van der Waals surface area contributed by atoms with Gasteiger partial charge in [-0.05, 0) is 30.3 Å². The van der Waals surface area contributed by atoms with Crippen molar-refractivity contribution >= 4 is 29.0 Å². The summed E-state index contributed by atoms with van der Waals surface area (Å²) in [6, 6.07) is 15.4. The minimum atomic E-state index is -0.603. The van der Waals surface area contributed by atoms with Crippen LogP contribution in [0.5, 0.6) is 5.75 Å². The second kappa shape index (κ2) is 7.48. The smallest absolute Gasteiger partial charge is 0.354 e. The molecular weight excluding hydrogens is 375 g/mol. The molecule has 1 heterocycles. The third kappa shape index (κ3) is 3.49. The third-order valence-electron chi connectivity index (χ3n) is 3.59. The summed E-state index contributed by atoms with van der Waals surface area (Å²) in [6.45, 7) is -0.140. The summed E-state index contributed by atoms with van der Waals surface area (Å²) >= 11 is 11.9. The number of ether oxygens (including phenoxy) is 1. The van der Waals surface area contributed by atoms with Gasteiger partial charge in [-0.1, -0.05) is 41.4 Å². The zero-order chi connectivity index (χ0) is 18.7. The van der Waals surface area contributed by atoms with Gasteiger partial charge in [0.1, 0.15) is 35.5 Å². The summed E-state index contributed by atoms with van der Waals surface area (Å²) < 4.78 is 6.75. The van der Waals surface area contributed by atoms with Gasteiger partial charge >= 0.3 is 5.69 Å². The standard InChI is InChI=1S/C18H12Cl2N4O2/c19-11-6-7-16(14(20)8-11)26-10-15-13(9-21)17(22)24(18(25)23-15)12-4-2-1-3-5-12/h1-8H,10,22H2. The first-order chi connectivity index (χ1) is 12.5. The van der Waals surface area contributed by atoms with E-state index in [2.05, 4.69) is 4.98 Å². The summed E-state index contributed by atoms with van der Waals surface area (Å²) in [5, 5.41) is 10.2. The van der Waals surface area contributed by atoms with Gasteiger partial charge in [-0.2, -0.15) is 10.2 Å². The number of hydrogen-bond donors (Lipinski definition) is 1. The number of para-hydroxylation sites is 1. The molecule has 2 N–H and O–H groups in total. The Kier molecular flexibility index (Phi) is 5.12. The van der Waals surface area contributed by atoms with E-state index in [0.29, 0.717) is 21.5 Å². The average molecular weight is 387 g/mol. The maximum absolute atomic E-state index is 12.4. The van der Waals surface area contributed by atoms with E-state index in [1.165, 1.54) is 10.6 Å². The zero-order valence-corrected chi connectivity index (χ0v) is 14.8. The minimum Gasteiger partial charge on any atom is -0.486 e. The number of rotatable bonds is 4. The van der Waals surface area contributed by atoms with E-state index in [1.54, 1.807) is 42.5 Å². The average Bonchev–Trinajstić information content (AvgIpc) is 2.62. The quantitative estimate of drug-likeness (QED) is 0.739. The van der Waals surface area contributed by atoms with Crippen LogP contribution in [-0.4, -0.2) is 9.55 Å². The van der Waals surface area contributed by atoms with Gasteiger partial charge in [-0.25, -0.2) is 9.36 Å². The molecule has 130 valence electrons. The SMILES string of the molecule is N#Cc1c(COc2ccc(Cl)cc2Cl)nc(=O)n(-c2ccccc2)c1N. The van der Waals surface area contributed by atoms with Gasteiger partial charge in [0.25, 0.3) is 0 Å². The fourth-order valence-corrected chi connectivity index (χ4v) is 2.84. The highest BCUT2D eigenvalue weighted by Crippen LogP contribution is 2.28. The third-order valence-corrected chi connectivity index (χ3v) is 4.12. The molecule has 0 aliphatic carbocycles. The van der Waals surface area contributed by atoms with Gasteiger partial charge < -0.3 is 10.5 Å². The second-order valence-corrected chi connectivity index (χ2v) is 6.09. The number of nitriles is 1. The van der Waals surface area contributed by atoms with Crippen LogP contribution in [0.15, 0.2) is 53.3 Å². The summed E-state index contributed by atoms with van der Waals surface area (Å²) in [7, 11) is 0. The number of anilines is 1. The van der Waals surface area contributed by atoms with Crippen molar-refractivity contribution in [2.24, 2.45) is 0 Å². The van der Waals surface area contributed by atoms with Crippen molar-refractivity contribution < 1.29 is 4.74 Å². The largest absolute Gasteiger partial charge is 0.486 e. The Morgan fingerprint density at radius 3 is 2.58 bits per heavy atom. The lowest BCUT2D eigenvalue weighted by Crippen LogP contribution is -2.27. The van der Waals surface area contributed by atoms with E-state index in [9.17, 15) is 10.1 Å².